The fraction of sp³-hybridized carbons (Fsp3) is 0.619. The number of amides is 1. The fourth-order valence-corrected chi connectivity index (χ4v) is 4.38. The number of carbonyl (C=O) groups is 1. The van der Waals surface area contributed by atoms with Crippen molar-refractivity contribution < 1.29 is 9.53 Å². The molecule has 0 aliphatic carbocycles. The number of nitrogens with zero attached hydrogens (tertiary/aromatic N) is 5. The molecule has 0 radical (unpaired) electrons. The van der Waals surface area contributed by atoms with Crippen LogP contribution in [0.15, 0.2) is 30.6 Å². The number of hydrogen-bond donors (Lipinski definition) is 0. The second-order valence-corrected chi connectivity index (χ2v) is 8.19. The summed E-state index contributed by atoms with van der Waals surface area (Å²) in [4.78, 5) is 24.4. The number of piperazine rings is 1. The molecule has 2 aromatic rings. The number of hydrogen-bond acceptors (Lipinski definition) is 5. The molecule has 3 atom stereocenters. The van der Waals surface area contributed by atoms with Crippen LogP contribution in [-0.4, -0.2) is 87.5 Å². The minimum Gasteiger partial charge on any atom is -0.372 e. The first-order chi connectivity index (χ1) is 13.5. The summed E-state index contributed by atoms with van der Waals surface area (Å²) in [6.45, 7) is 12.1. The Balaban J connectivity index is 1.30. The van der Waals surface area contributed by atoms with Crippen molar-refractivity contribution in [2.24, 2.45) is 0 Å². The molecule has 1 amide bonds. The third-order valence-corrected chi connectivity index (χ3v) is 5.84. The van der Waals surface area contributed by atoms with Crippen LogP contribution < -0.4 is 0 Å². The predicted octanol–water partition coefficient (Wildman–Crippen LogP) is 1.48. The van der Waals surface area contributed by atoms with Crippen LogP contribution in [0.2, 0.25) is 0 Å². The Morgan fingerprint density at radius 1 is 1.18 bits per heavy atom. The van der Waals surface area contributed by atoms with Gasteiger partial charge in [0.15, 0.2) is 0 Å². The molecule has 0 unspecified atom stereocenters. The standard InChI is InChI=1S/C21H31N5O2/c1-16-12-26(13-17(2)28-16)21(27)18(3)24-10-8-23(9-11-24)14-19-15-25-7-5-4-6-20(25)22-19/h4-7,15-18H,8-14H2,1-3H3/t16-,17-,18-/m1/s1. The molecule has 152 valence electrons. The molecule has 2 fully saturated rings. The second-order valence-electron chi connectivity index (χ2n) is 8.19. The molecule has 0 spiro atoms. The van der Waals surface area contributed by atoms with E-state index in [1.54, 1.807) is 0 Å². The van der Waals surface area contributed by atoms with E-state index >= 15 is 0 Å². The maximum absolute atomic E-state index is 13.0. The first-order valence-corrected chi connectivity index (χ1v) is 10.3. The van der Waals surface area contributed by atoms with Gasteiger partial charge in [0.2, 0.25) is 5.91 Å². The molecule has 2 aliphatic heterocycles. The van der Waals surface area contributed by atoms with Crippen molar-refractivity contribution in [2.75, 3.05) is 39.3 Å². The zero-order valence-corrected chi connectivity index (χ0v) is 17.1. The summed E-state index contributed by atoms with van der Waals surface area (Å²) >= 11 is 0. The molecule has 2 aromatic heterocycles. The largest absolute Gasteiger partial charge is 0.372 e. The van der Waals surface area contributed by atoms with Crippen LogP contribution in [0.25, 0.3) is 5.65 Å². The smallest absolute Gasteiger partial charge is 0.239 e. The molecule has 28 heavy (non-hydrogen) atoms. The van der Waals surface area contributed by atoms with Gasteiger partial charge in [0.25, 0.3) is 0 Å². The van der Waals surface area contributed by atoms with Crippen LogP contribution >= 0.6 is 0 Å². The Morgan fingerprint density at radius 2 is 1.89 bits per heavy atom. The van der Waals surface area contributed by atoms with Crippen molar-refractivity contribution in [3.05, 3.63) is 36.3 Å². The highest BCUT2D eigenvalue weighted by molar-refractivity contribution is 5.81. The summed E-state index contributed by atoms with van der Waals surface area (Å²) < 4.78 is 7.83. The molecule has 0 bridgehead atoms. The van der Waals surface area contributed by atoms with E-state index in [0.717, 1.165) is 44.1 Å². The van der Waals surface area contributed by atoms with Gasteiger partial charge in [-0.05, 0) is 32.9 Å². The summed E-state index contributed by atoms with van der Waals surface area (Å²) in [6, 6.07) is 5.99. The Bertz CT molecular complexity index is 771. The second kappa shape index (κ2) is 8.19. The molecule has 0 N–H and O–H groups in total. The van der Waals surface area contributed by atoms with Crippen LogP contribution in [0.4, 0.5) is 0 Å². The van der Waals surface area contributed by atoms with Gasteiger partial charge < -0.3 is 14.0 Å². The van der Waals surface area contributed by atoms with Gasteiger partial charge in [-0.1, -0.05) is 6.07 Å². The van der Waals surface area contributed by atoms with E-state index in [2.05, 4.69) is 20.4 Å². The first-order valence-electron chi connectivity index (χ1n) is 10.3. The van der Waals surface area contributed by atoms with Gasteiger partial charge in [-0.3, -0.25) is 14.6 Å². The number of morpholine rings is 1. The van der Waals surface area contributed by atoms with E-state index in [4.69, 9.17) is 9.72 Å². The van der Waals surface area contributed by atoms with Gasteiger partial charge in [0.05, 0.1) is 23.9 Å². The molecule has 2 aliphatic rings. The molecular weight excluding hydrogens is 354 g/mol. The minimum atomic E-state index is -0.0742. The molecule has 7 nitrogen and oxygen atoms in total. The Morgan fingerprint density at radius 3 is 2.57 bits per heavy atom. The molecule has 7 heteroatoms. The van der Waals surface area contributed by atoms with Crippen molar-refractivity contribution in [1.29, 1.82) is 0 Å². The fourth-order valence-electron chi connectivity index (χ4n) is 4.38. The number of ether oxygens (including phenoxy) is 1. The van der Waals surface area contributed by atoms with Crippen molar-refractivity contribution in [2.45, 2.75) is 45.6 Å². The quantitative estimate of drug-likeness (QED) is 0.798. The number of pyridine rings is 1. The molecule has 2 saturated heterocycles. The number of aromatic nitrogens is 2. The molecule has 0 aromatic carbocycles. The third-order valence-electron chi connectivity index (χ3n) is 5.84. The Kier molecular flexibility index (Phi) is 5.66. The zero-order valence-electron chi connectivity index (χ0n) is 17.1. The highest BCUT2D eigenvalue weighted by Gasteiger charge is 2.32. The van der Waals surface area contributed by atoms with Gasteiger partial charge in [-0.15, -0.1) is 0 Å². The third kappa shape index (κ3) is 4.21. The van der Waals surface area contributed by atoms with Gasteiger partial charge in [-0.25, -0.2) is 4.98 Å². The Hall–Kier alpha value is -1.96. The van der Waals surface area contributed by atoms with E-state index in [1.807, 2.05) is 50.1 Å². The van der Waals surface area contributed by atoms with Crippen molar-refractivity contribution in [3.8, 4) is 0 Å². The van der Waals surface area contributed by atoms with E-state index in [0.29, 0.717) is 13.1 Å². The molecule has 4 heterocycles. The Labute approximate surface area is 166 Å². The average molecular weight is 386 g/mol. The zero-order chi connectivity index (χ0) is 19.7. The van der Waals surface area contributed by atoms with Crippen molar-refractivity contribution in [1.82, 2.24) is 24.1 Å². The van der Waals surface area contributed by atoms with Gasteiger partial charge in [-0.2, -0.15) is 0 Å². The maximum Gasteiger partial charge on any atom is 0.239 e. The van der Waals surface area contributed by atoms with E-state index in [1.165, 1.54) is 0 Å². The van der Waals surface area contributed by atoms with E-state index in [9.17, 15) is 4.79 Å². The topological polar surface area (TPSA) is 53.3 Å². The maximum atomic E-state index is 13.0. The summed E-state index contributed by atoms with van der Waals surface area (Å²) in [5.74, 6) is 0.232. The lowest BCUT2D eigenvalue weighted by Crippen LogP contribution is -2.57. The normalized spacial score (nSPS) is 25.9. The number of carbonyl (C=O) groups excluding carboxylic acids is 1. The number of fused-ring (bicyclic) bond motifs is 1. The highest BCUT2D eigenvalue weighted by Crippen LogP contribution is 2.16. The first kappa shape index (κ1) is 19.4. The van der Waals surface area contributed by atoms with Crippen LogP contribution in [0, 0.1) is 0 Å². The van der Waals surface area contributed by atoms with Crippen LogP contribution in [-0.2, 0) is 16.1 Å². The van der Waals surface area contributed by atoms with Crippen molar-refractivity contribution >= 4 is 11.6 Å². The van der Waals surface area contributed by atoms with Crippen LogP contribution in [0.3, 0.4) is 0 Å². The summed E-state index contributed by atoms with van der Waals surface area (Å²) in [7, 11) is 0. The summed E-state index contributed by atoms with van der Waals surface area (Å²) in [6.07, 6.45) is 4.36. The average Bonchev–Trinajstić information content (AvgIpc) is 3.09. The van der Waals surface area contributed by atoms with E-state index in [-0.39, 0.29) is 24.2 Å². The summed E-state index contributed by atoms with van der Waals surface area (Å²) in [5, 5.41) is 0. The lowest BCUT2D eigenvalue weighted by Gasteiger charge is -2.41. The van der Waals surface area contributed by atoms with Gasteiger partial charge >= 0.3 is 0 Å². The van der Waals surface area contributed by atoms with Gasteiger partial charge in [0.1, 0.15) is 5.65 Å². The number of imidazole rings is 1. The van der Waals surface area contributed by atoms with Crippen LogP contribution in [0.5, 0.6) is 0 Å². The van der Waals surface area contributed by atoms with Gasteiger partial charge in [0, 0.05) is 58.2 Å². The predicted molar refractivity (Wildman–Crippen MR) is 108 cm³/mol. The SMILES string of the molecule is C[C@@H]1CN(C(=O)[C@@H](C)N2CCN(Cc3cn4ccccc4n3)CC2)C[C@@H](C)O1. The molecule has 4 rings (SSSR count). The molecular formula is C21H31N5O2. The summed E-state index contributed by atoms with van der Waals surface area (Å²) in [5.41, 5.74) is 2.09. The van der Waals surface area contributed by atoms with Crippen LogP contribution in [0.1, 0.15) is 26.5 Å². The van der Waals surface area contributed by atoms with Crippen molar-refractivity contribution in [3.63, 3.8) is 0 Å². The minimum absolute atomic E-state index is 0.0742. The lowest BCUT2D eigenvalue weighted by molar-refractivity contribution is -0.148. The lowest BCUT2D eigenvalue weighted by atomic mass is 10.1. The molecule has 0 saturated carbocycles. The highest BCUT2D eigenvalue weighted by atomic mass is 16.5. The monoisotopic (exact) mass is 385 g/mol. The van der Waals surface area contributed by atoms with E-state index < -0.39 is 0 Å². The number of rotatable bonds is 4.